The van der Waals surface area contributed by atoms with Crippen molar-refractivity contribution in [1.29, 1.82) is 0 Å². The highest BCUT2D eigenvalue weighted by Gasteiger charge is 2.63. The molecule has 3 aliphatic heterocycles. The van der Waals surface area contributed by atoms with Gasteiger partial charge in [-0.3, -0.25) is 9.59 Å². The fourth-order valence-corrected chi connectivity index (χ4v) is 7.97. The summed E-state index contributed by atoms with van der Waals surface area (Å²) in [6, 6.07) is 7.22. The Kier molecular flexibility index (Phi) is 8.93. The number of allylic oxidation sites excluding steroid dienone is 4. The van der Waals surface area contributed by atoms with Crippen molar-refractivity contribution in [2.24, 2.45) is 11.8 Å². The Morgan fingerprint density at radius 3 is 2.54 bits per heavy atom. The lowest BCUT2D eigenvalue weighted by atomic mass is 9.57. The quantitative estimate of drug-likeness (QED) is 0.335. The van der Waals surface area contributed by atoms with Gasteiger partial charge in [0.15, 0.2) is 0 Å². The fraction of sp³-hybridized carbons (Fsp3) is 0.441. The molecule has 1 spiro atoms. The lowest BCUT2D eigenvalue weighted by molar-refractivity contribution is -0.135. The van der Waals surface area contributed by atoms with E-state index >= 15 is 4.39 Å². The molecule has 0 aromatic heterocycles. The number of hydrogen-bond acceptors (Lipinski definition) is 5. The van der Waals surface area contributed by atoms with E-state index in [1.54, 1.807) is 41.3 Å². The van der Waals surface area contributed by atoms with Gasteiger partial charge in [-0.1, -0.05) is 41.4 Å². The van der Waals surface area contributed by atoms with E-state index < -0.39 is 34.9 Å². The molecule has 8 nitrogen and oxygen atoms in total. The van der Waals surface area contributed by atoms with Crippen molar-refractivity contribution in [3.8, 4) is 5.75 Å². The van der Waals surface area contributed by atoms with Gasteiger partial charge in [-0.15, -0.1) is 0 Å². The molecule has 2 fully saturated rings. The first-order chi connectivity index (χ1) is 21.8. The molecule has 3 heterocycles. The van der Waals surface area contributed by atoms with Gasteiger partial charge in [0.2, 0.25) is 11.8 Å². The Labute approximate surface area is 285 Å². The Hall–Kier alpha value is -3.08. The highest BCUT2D eigenvalue weighted by atomic mass is 79.9. The van der Waals surface area contributed by atoms with Gasteiger partial charge in [-0.2, -0.15) is 0 Å². The highest BCUT2D eigenvalue weighted by Crippen LogP contribution is 2.59. The number of rotatable bonds is 4. The fourth-order valence-electron chi connectivity index (χ4n) is 7.20. The van der Waals surface area contributed by atoms with E-state index in [2.05, 4.69) is 26.6 Å². The molecule has 2 saturated heterocycles. The number of nitrogens with one attached hydrogen (secondary N) is 2. The zero-order valence-electron chi connectivity index (χ0n) is 25.7. The summed E-state index contributed by atoms with van der Waals surface area (Å²) in [6.07, 6.45) is 6.28. The van der Waals surface area contributed by atoms with Gasteiger partial charge in [0.05, 0.1) is 16.1 Å². The van der Waals surface area contributed by atoms with Gasteiger partial charge >= 0.3 is 6.09 Å². The lowest BCUT2D eigenvalue weighted by Crippen LogP contribution is -2.59. The van der Waals surface area contributed by atoms with Crippen molar-refractivity contribution < 1.29 is 28.2 Å². The third kappa shape index (κ3) is 6.04. The molecule has 2 aromatic rings. The Morgan fingerprint density at radius 2 is 1.85 bits per heavy atom. The second-order valence-corrected chi connectivity index (χ2v) is 15.0. The van der Waals surface area contributed by atoms with Crippen LogP contribution in [0, 0.1) is 17.7 Å². The molecule has 0 radical (unpaired) electrons. The first kappa shape index (κ1) is 32.8. The van der Waals surface area contributed by atoms with Crippen molar-refractivity contribution in [3.63, 3.8) is 0 Å². The minimum absolute atomic E-state index is 0.0279. The average molecular weight is 735 g/mol. The van der Waals surface area contributed by atoms with Crippen LogP contribution in [0.15, 0.2) is 58.1 Å². The number of carbonyl (C=O) groups is 3. The van der Waals surface area contributed by atoms with Gasteiger partial charge in [-0.05, 0) is 90.9 Å². The van der Waals surface area contributed by atoms with Crippen LogP contribution < -0.4 is 15.4 Å². The normalized spacial score (nSPS) is 26.4. The molecule has 1 unspecified atom stereocenters. The van der Waals surface area contributed by atoms with Crippen LogP contribution in [0.1, 0.15) is 63.6 Å². The molecule has 12 heteroatoms. The van der Waals surface area contributed by atoms with E-state index in [1.807, 2.05) is 32.9 Å². The molecule has 2 N–H and O–H groups in total. The van der Waals surface area contributed by atoms with E-state index in [0.29, 0.717) is 53.7 Å². The number of likely N-dealkylation sites (tertiary alicyclic amines) is 1. The average Bonchev–Trinajstić information content (AvgIpc) is 3.26. The summed E-state index contributed by atoms with van der Waals surface area (Å²) >= 11 is 16.2. The minimum Gasteiger partial charge on any atom is -0.490 e. The predicted octanol–water partition coefficient (Wildman–Crippen LogP) is 7.79. The van der Waals surface area contributed by atoms with Crippen molar-refractivity contribution in [2.75, 3.05) is 18.4 Å². The summed E-state index contributed by atoms with van der Waals surface area (Å²) in [5.41, 5.74) is -0.833. The van der Waals surface area contributed by atoms with Crippen molar-refractivity contribution in [1.82, 2.24) is 10.2 Å². The number of anilines is 1. The molecule has 244 valence electrons. The van der Waals surface area contributed by atoms with Gasteiger partial charge in [0.25, 0.3) is 0 Å². The van der Waals surface area contributed by atoms with Gasteiger partial charge in [0, 0.05) is 48.1 Å². The van der Waals surface area contributed by atoms with Crippen LogP contribution in [0.4, 0.5) is 14.9 Å². The smallest absolute Gasteiger partial charge is 0.410 e. The molecule has 4 atom stereocenters. The van der Waals surface area contributed by atoms with Gasteiger partial charge in [-0.25, -0.2) is 9.18 Å². The highest BCUT2D eigenvalue weighted by molar-refractivity contribution is 9.10. The molecular formula is C34H35BrCl2FN3O5. The van der Waals surface area contributed by atoms with Crippen LogP contribution in [0.5, 0.6) is 5.75 Å². The number of piperidine rings is 2. The first-order valence-corrected chi connectivity index (χ1v) is 16.9. The maximum absolute atomic E-state index is 16.5. The molecular weight excluding hydrogens is 700 g/mol. The van der Waals surface area contributed by atoms with Crippen LogP contribution in [0.3, 0.4) is 0 Å². The summed E-state index contributed by atoms with van der Waals surface area (Å²) in [5.74, 6) is -1.96. The third-order valence-electron chi connectivity index (χ3n) is 9.15. The van der Waals surface area contributed by atoms with Crippen LogP contribution in [-0.4, -0.2) is 47.6 Å². The number of nitrogens with zero attached hydrogens (tertiary/aromatic N) is 1. The van der Waals surface area contributed by atoms with Gasteiger partial charge < -0.3 is 25.0 Å². The predicted molar refractivity (Wildman–Crippen MR) is 177 cm³/mol. The van der Waals surface area contributed by atoms with Gasteiger partial charge in [0.1, 0.15) is 28.7 Å². The summed E-state index contributed by atoms with van der Waals surface area (Å²) in [5, 5.41) is 7.04. The maximum Gasteiger partial charge on any atom is 0.410 e. The number of ether oxygens (including phenoxy) is 2. The Balaban J connectivity index is 1.41. The van der Waals surface area contributed by atoms with E-state index in [4.69, 9.17) is 32.7 Å². The molecule has 2 aromatic carbocycles. The first-order valence-electron chi connectivity index (χ1n) is 15.3. The number of amides is 3. The SMILES string of the molecule is CC(C)(C)OC(=O)N1CCC(Oc2ccc(Br)c(F)c2[C@@H]2NC(=O)C[C@@H](C3C=CC=C(Cl)C3)[C@]23C(=O)Nc2cc(Cl)ccc23)CC1. The van der Waals surface area contributed by atoms with Crippen LogP contribution in [0.2, 0.25) is 5.02 Å². The maximum atomic E-state index is 16.5. The second-order valence-electron chi connectivity index (χ2n) is 13.2. The molecule has 3 amide bonds. The third-order valence-corrected chi connectivity index (χ3v) is 10.3. The van der Waals surface area contributed by atoms with Crippen LogP contribution >= 0.6 is 39.1 Å². The molecule has 0 bridgehead atoms. The van der Waals surface area contributed by atoms with Crippen LogP contribution in [0.25, 0.3) is 0 Å². The van der Waals surface area contributed by atoms with Crippen molar-refractivity contribution >= 4 is 62.7 Å². The monoisotopic (exact) mass is 733 g/mol. The second kappa shape index (κ2) is 12.5. The number of benzene rings is 2. The number of hydrogen-bond donors (Lipinski definition) is 2. The van der Waals surface area contributed by atoms with Crippen molar-refractivity contribution in [2.45, 2.75) is 69.6 Å². The summed E-state index contributed by atoms with van der Waals surface area (Å²) in [7, 11) is 0. The zero-order valence-corrected chi connectivity index (χ0v) is 28.8. The zero-order chi connectivity index (χ0) is 33.0. The summed E-state index contributed by atoms with van der Waals surface area (Å²) in [4.78, 5) is 42.2. The molecule has 46 heavy (non-hydrogen) atoms. The van der Waals surface area contributed by atoms with E-state index in [1.165, 1.54) is 0 Å². The summed E-state index contributed by atoms with van der Waals surface area (Å²) in [6.45, 7) is 6.26. The number of fused-ring (bicyclic) bond motifs is 2. The molecule has 1 aliphatic carbocycles. The molecule has 0 saturated carbocycles. The topological polar surface area (TPSA) is 97.0 Å². The number of halogens is 4. The molecule has 6 rings (SSSR count). The number of carbonyl (C=O) groups excluding carboxylic acids is 3. The summed E-state index contributed by atoms with van der Waals surface area (Å²) < 4.78 is 28.7. The van der Waals surface area contributed by atoms with E-state index in [-0.39, 0.29) is 46.0 Å². The molecule has 4 aliphatic rings. The minimum atomic E-state index is -1.42. The van der Waals surface area contributed by atoms with E-state index in [0.717, 1.165) is 0 Å². The standard InChI is InChI=1S/C34H35BrCl2FN3O5/c1-33(2,3)46-32(44)41-13-11-21(12-14-41)45-26-10-9-24(35)29(38)28(26)30-34(22-8-7-20(37)16-25(22)39-31(34)43)23(17-27(42)40-30)18-5-4-6-19(36)15-18/h4-10,16,18,21,23,30H,11-15,17H2,1-3H3,(H,39,43)(H,40,42)/t18?,23-,30-,34-/m0/s1. The van der Waals surface area contributed by atoms with Crippen molar-refractivity contribution in [3.05, 3.63) is 80.0 Å². The van der Waals surface area contributed by atoms with E-state index in [9.17, 15) is 14.4 Å². The Bertz CT molecular complexity index is 1650. The Morgan fingerprint density at radius 1 is 1.11 bits per heavy atom. The largest absolute Gasteiger partial charge is 0.490 e. The van der Waals surface area contributed by atoms with Crippen LogP contribution in [-0.2, 0) is 19.7 Å². The lowest BCUT2D eigenvalue weighted by Gasteiger charge is -2.49.